The second kappa shape index (κ2) is 6.28. The average molecular weight is 399 g/mol. The van der Waals surface area contributed by atoms with E-state index in [2.05, 4.69) is 4.98 Å². The molecule has 0 fully saturated rings. The van der Waals surface area contributed by atoms with Crippen LogP contribution in [0, 0.1) is 0 Å². The lowest BCUT2D eigenvalue weighted by Crippen LogP contribution is -2.20. The molecule has 0 N–H and O–H groups in total. The van der Waals surface area contributed by atoms with Crippen LogP contribution in [-0.2, 0) is 6.54 Å². The molecule has 0 amide bonds. The Bertz CT molecular complexity index is 1520. The number of aromatic nitrogens is 5. The summed E-state index contributed by atoms with van der Waals surface area (Å²) in [6.45, 7) is 2.82. The summed E-state index contributed by atoms with van der Waals surface area (Å²) in [6, 6.07) is 13.3. The number of aryl methyl sites for hydroxylation is 1. The number of ether oxygens (including phenoxy) is 2. The summed E-state index contributed by atoms with van der Waals surface area (Å²) in [7, 11) is 0. The van der Waals surface area contributed by atoms with Gasteiger partial charge in [0.1, 0.15) is 10.9 Å². The van der Waals surface area contributed by atoms with Gasteiger partial charge in [0.2, 0.25) is 6.79 Å². The summed E-state index contributed by atoms with van der Waals surface area (Å²) in [5.74, 6) is 1.34. The highest BCUT2D eigenvalue weighted by Gasteiger charge is 2.22. The van der Waals surface area contributed by atoms with Gasteiger partial charge < -0.3 is 9.47 Å². The molecule has 0 aliphatic carbocycles. The lowest BCUT2D eigenvalue weighted by molar-refractivity contribution is 0.174. The monoisotopic (exact) mass is 399 g/mol. The van der Waals surface area contributed by atoms with Gasteiger partial charge in [0.25, 0.3) is 5.56 Å². The maximum Gasteiger partial charge on any atom is 0.265 e. The minimum Gasteiger partial charge on any atom is -0.454 e. The maximum atomic E-state index is 13.3. The van der Waals surface area contributed by atoms with Gasteiger partial charge in [-0.2, -0.15) is 0 Å². The molecule has 0 radical (unpaired) electrons. The van der Waals surface area contributed by atoms with Crippen molar-refractivity contribution in [1.29, 1.82) is 0 Å². The largest absolute Gasteiger partial charge is 0.454 e. The Balaban J connectivity index is 1.77. The number of para-hydroxylation sites is 2. The Morgan fingerprint density at radius 3 is 2.63 bits per heavy atom. The van der Waals surface area contributed by atoms with Crippen molar-refractivity contribution in [2.75, 3.05) is 6.79 Å². The Hall–Kier alpha value is -3.94. The van der Waals surface area contributed by atoms with E-state index in [0.717, 1.165) is 23.1 Å². The quantitative estimate of drug-likeness (QED) is 0.462. The molecule has 1 aliphatic rings. The number of nitrogens with zero attached hydrogens (tertiary/aromatic N) is 5. The van der Waals surface area contributed by atoms with Crippen molar-refractivity contribution in [2.24, 2.45) is 0 Å². The van der Waals surface area contributed by atoms with Crippen LogP contribution in [0.5, 0.6) is 11.5 Å². The summed E-state index contributed by atoms with van der Waals surface area (Å²) in [4.78, 5) is 27.6. The molecule has 1 aliphatic heterocycles. The van der Waals surface area contributed by atoms with Crippen LogP contribution in [-0.4, -0.2) is 30.9 Å². The molecule has 4 heterocycles. The summed E-state index contributed by atoms with van der Waals surface area (Å²) < 4.78 is 14.5. The van der Waals surface area contributed by atoms with Crippen LogP contribution < -0.4 is 15.0 Å². The Labute approximate surface area is 170 Å². The van der Waals surface area contributed by atoms with Crippen LogP contribution in [0.2, 0.25) is 0 Å². The molecular formula is C22H17N5O3. The van der Waals surface area contributed by atoms with Crippen molar-refractivity contribution < 1.29 is 9.47 Å². The van der Waals surface area contributed by atoms with Crippen molar-refractivity contribution in [3.8, 4) is 17.2 Å². The summed E-state index contributed by atoms with van der Waals surface area (Å²) in [6.07, 6.45) is 2.43. The van der Waals surface area contributed by atoms with Crippen LogP contribution in [0.25, 0.3) is 38.9 Å². The van der Waals surface area contributed by atoms with Gasteiger partial charge in [-0.1, -0.05) is 19.1 Å². The second-order valence-electron chi connectivity index (χ2n) is 7.20. The van der Waals surface area contributed by atoms with Gasteiger partial charge in [0.15, 0.2) is 22.8 Å². The first-order valence-corrected chi connectivity index (χ1v) is 9.81. The molecule has 2 aromatic carbocycles. The number of fused-ring (bicyclic) bond motifs is 5. The normalized spacial score (nSPS) is 13.0. The first kappa shape index (κ1) is 17.0. The van der Waals surface area contributed by atoms with Gasteiger partial charge in [-0.25, -0.2) is 15.0 Å². The molecule has 0 saturated carbocycles. The number of rotatable bonds is 3. The molecule has 148 valence electrons. The van der Waals surface area contributed by atoms with Crippen molar-refractivity contribution >= 4 is 33.2 Å². The standard InChI is InChI=1S/C22H17N5O3/c1-2-9-26-11-23-20-18(22(26)28)19-21(25-15-6-4-3-5-14(15)24-19)27(20)13-7-8-16-17(10-13)30-12-29-16/h3-8,10-11H,2,9,12H2,1H3. The highest BCUT2D eigenvalue weighted by molar-refractivity contribution is 6.05. The molecule has 8 nitrogen and oxygen atoms in total. The number of hydrogen-bond acceptors (Lipinski definition) is 6. The van der Waals surface area contributed by atoms with Gasteiger partial charge in [-0.15, -0.1) is 0 Å². The van der Waals surface area contributed by atoms with Gasteiger partial charge in [0.05, 0.1) is 23.0 Å². The fraction of sp³-hybridized carbons (Fsp3) is 0.182. The van der Waals surface area contributed by atoms with E-state index in [0.29, 0.717) is 40.2 Å². The smallest absolute Gasteiger partial charge is 0.265 e. The number of hydrogen-bond donors (Lipinski definition) is 0. The van der Waals surface area contributed by atoms with E-state index in [4.69, 9.17) is 19.4 Å². The highest BCUT2D eigenvalue weighted by Crippen LogP contribution is 2.36. The van der Waals surface area contributed by atoms with Gasteiger partial charge >= 0.3 is 0 Å². The minimum absolute atomic E-state index is 0.115. The van der Waals surface area contributed by atoms with E-state index in [1.807, 2.05) is 54.0 Å². The predicted molar refractivity (Wildman–Crippen MR) is 112 cm³/mol. The molecule has 0 unspecified atom stereocenters. The minimum atomic E-state index is -0.115. The van der Waals surface area contributed by atoms with Crippen LogP contribution in [0.4, 0.5) is 0 Å². The zero-order valence-electron chi connectivity index (χ0n) is 16.2. The highest BCUT2D eigenvalue weighted by atomic mass is 16.7. The molecule has 0 spiro atoms. The van der Waals surface area contributed by atoms with Gasteiger partial charge in [-0.3, -0.25) is 13.9 Å². The fourth-order valence-corrected chi connectivity index (χ4v) is 3.94. The topological polar surface area (TPSA) is 84.1 Å². The molecule has 0 bridgehead atoms. The zero-order chi connectivity index (χ0) is 20.2. The Morgan fingerprint density at radius 2 is 1.80 bits per heavy atom. The average Bonchev–Trinajstić information content (AvgIpc) is 3.36. The first-order valence-electron chi connectivity index (χ1n) is 9.81. The molecule has 30 heavy (non-hydrogen) atoms. The predicted octanol–water partition coefficient (Wildman–Crippen LogP) is 3.42. The van der Waals surface area contributed by atoms with Crippen LogP contribution >= 0.6 is 0 Å². The lowest BCUT2D eigenvalue weighted by Gasteiger charge is -2.08. The summed E-state index contributed by atoms with van der Waals surface area (Å²) in [5.41, 5.74) is 3.81. The molecule has 8 heteroatoms. The molecule has 0 saturated heterocycles. The molecule has 3 aromatic heterocycles. The fourth-order valence-electron chi connectivity index (χ4n) is 3.94. The van der Waals surface area contributed by atoms with Crippen LogP contribution in [0.1, 0.15) is 13.3 Å². The van der Waals surface area contributed by atoms with Crippen molar-refractivity contribution in [1.82, 2.24) is 24.1 Å². The second-order valence-corrected chi connectivity index (χ2v) is 7.20. The zero-order valence-corrected chi connectivity index (χ0v) is 16.2. The molecule has 6 rings (SSSR count). The summed E-state index contributed by atoms with van der Waals surface area (Å²) in [5, 5.41) is 0.469. The van der Waals surface area contributed by atoms with Gasteiger partial charge in [0, 0.05) is 12.6 Å². The van der Waals surface area contributed by atoms with E-state index in [1.54, 1.807) is 10.9 Å². The first-order chi connectivity index (χ1) is 14.7. The van der Waals surface area contributed by atoms with E-state index >= 15 is 0 Å². The Kier molecular flexibility index (Phi) is 3.55. The van der Waals surface area contributed by atoms with E-state index < -0.39 is 0 Å². The third kappa shape index (κ3) is 2.33. The molecule has 0 atom stereocenters. The third-order valence-electron chi connectivity index (χ3n) is 5.31. The van der Waals surface area contributed by atoms with E-state index in [-0.39, 0.29) is 12.4 Å². The van der Waals surface area contributed by atoms with E-state index in [9.17, 15) is 4.79 Å². The third-order valence-corrected chi connectivity index (χ3v) is 5.31. The summed E-state index contributed by atoms with van der Waals surface area (Å²) >= 11 is 0. The SMILES string of the molecule is CCCn1cnc2c(c1=O)c1nc3ccccc3nc1n2-c1ccc2c(c1)OCO2. The van der Waals surface area contributed by atoms with Crippen molar-refractivity contribution in [3.05, 3.63) is 59.1 Å². The van der Waals surface area contributed by atoms with Crippen LogP contribution in [0.3, 0.4) is 0 Å². The Morgan fingerprint density at radius 1 is 1.00 bits per heavy atom. The maximum absolute atomic E-state index is 13.3. The van der Waals surface area contributed by atoms with Crippen molar-refractivity contribution in [2.45, 2.75) is 19.9 Å². The van der Waals surface area contributed by atoms with Crippen LogP contribution in [0.15, 0.2) is 53.6 Å². The molecular weight excluding hydrogens is 382 g/mol. The van der Waals surface area contributed by atoms with Crippen molar-refractivity contribution in [3.63, 3.8) is 0 Å². The van der Waals surface area contributed by atoms with Gasteiger partial charge in [-0.05, 0) is 30.7 Å². The lowest BCUT2D eigenvalue weighted by atomic mass is 10.2. The number of benzene rings is 2. The van der Waals surface area contributed by atoms with E-state index in [1.165, 1.54) is 0 Å². The molecule has 5 aromatic rings.